The third-order valence-electron chi connectivity index (χ3n) is 3.93. The molecule has 1 aromatic heterocycles. The SMILES string of the molecule is COC(=O)c1cccc(NC(=O)c2cccc(C(=O)NCc3ccco3)c2)c1. The first-order valence-electron chi connectivity index (χ1n) is 8.47. The van der Waals surface area contributed by atoms with E-state index in [9.17, 15) is 14.4 Å². The van der Waals surface area contributed by atoms with Crippen LogP contribution in [-0.4, -0.2) is 24.9 Å². The molecule has 0 radical (unpaired) electrons. The van der Waals surface area contributed by atoms with Crippen LogP contribution in [0.15, 0.2) is 71.3 Å². The molecule has 0 saturated carbocycles. The number of rotatable bonds is 6. The van der Waals surface area contributed by atoms with Gasteiger partial charge in [0.2, 0.25) is 0 Å². The third kappa shape index (κ3) is 4.64. The van der Waals surface area contributed by atoms with E-state index in [1.165, 1.54) is 25.5 Å². The monoisotopic (exact) mass is 378 g/mol. The van der Waals surface area contributed by atoms with Gasteiger partial charge in [-0.15, -0.1) is 0 Å². The number of nitrogens with one attached hydrogen (secondary N) is 2. The summed E-state index contributed by atoms with van der Waals surface area (Å²) in [6.45, 7) is 0.253. The highest BCUT2D eigenvalue weighted by Crippen LogP contribution is 2.14. The first-order valence-corrected chi connectivity index (χ1v) is 8.47. The van der Waals surface area contributed by atoms with Gasteiger partial charge in [0.15, 0.2) is 0 Å². The van der Waals surface area contributed by atoms with Crippen molar-refractivity contribution in [3.63, 3.8) is 0 Å². The van der Waals surface area contributed by atoms with E-state index in [-0.39, 0.29) is 12.5 Å². The van der Waals surface area contributed by atoms with E-state index in [4.69, 9.17) is 4.42 Å². The molecule has 0 spiro atoms. The van der Waals surface area contributed by atoms with Crippen molar-refractivity contribution in [2.24, 2.45) is 0 Å². The smallest absolute Gasteiger partial charge is 0.337 e. The molecule has 1 heterocycles. The normalized spacial score (nSPS) is 10.2. The van der Waals surface area contributed by atoms with Crippen LogP contribution in [-0.2, 0) is 11.3 Å². The number of anilines is 1. The molecule has 2 amide bonds. The van der Waals surface area contributed by atoms with Crippen molar-refractivity contribution in [1.29, 1.82) is 0 Å². The summed E-state index contributed by atoms with van der Waals surface area (Å²) in [4.78, 5) is 36.4. The summed E-state index contributed by atoms with van der Waals surface area (Å²) in [6, 6.07) is 16.2. The Hall–Kier alpha value is -3.87. The molecule has 2 N–H and O–H groups in total. The maximum absolute atomic E-state index is 12.5. The van der Waals surface area contributed by atoms with Gasteiger partial charge >= 0.3 is 5.97 Å². The first-order chi connectivity index (χ1) is 13.6. The minimum absolute atomic E-state index is 0.253. The standard InChI is InChI=1S/C21H18N2O5/c1-27-21(26)16-7-3-8-17(12-16)23-20(25)15-6-2-5-14(11-15)19(24)22-13-18-9-4-10-28-18/h2-12H,13H2,1H3,(H,22,24)(H,23,25). The summed E-state index contributed by atoms with van der Waals surface area (Å²) < 4.78 is 9.84. The lowest BCUT2D eigenvalue weighted by Gasteiger charge is -2.08. The second kappa shape index (κ2) is 8.68. The molecule has 0 bridgehead atoms. The van der Waals surface area contributed by atoms with E-state index in [2.05, 4.69) is 15.4 Å². The fourth-order valence-electron chi connectivity index (χ4n) is 2.53. The molecule has 7 nitrogen and oxygen atoms in total. The van der Waals surface area contributed by atoms with Gasteiger partial charge in [0, 0.05) is 16.8 Å². The summed E-state index contributed by atoms with van der Waals surface area (Å²) in [7, 11) is 1.29. The Morgan fingerprint density at radius 1 is 0.893 bits per heavy atom. The van der Waals surface area contributed by atoms with Gasteiger partial charge in [0.1, 0.15) is 5.76 Å². The Morgan fingerprint density at radius 2 is 1.61 bits per heavy atom. The third-order valence-corrected chi connectivity index (χ3v) is 3.93. The van der Waals surface area contributed by atoms with Gasteiger partial charge in [0.25, 0.3) is 11.8 Å². The van der Waals surface area contributed by atoms with Gasteiger partial charge < -0.3 is 19.8 Å². The summed E-state index contributed by atoms with van der Waals surface area (Å²) in [5.41, 5.74) is 1.43. The highest BCUT2D eigenvalue weighted by Gasteiger charge is 2.12. The molecule has 28 heavy (non-hydrogen) atoms. The van der Waals surface area contributed by atoms with E-state index in [1.54, 1.807) is 48.5 Å². The molecular formula is C21H18N2O5. The van der Waals surface area contributed by atoms with Gasteiger partial charge in [-0.05, 0) is 48.5 Å². The Kier molecular flexibility index (Phi) is 5.86. The van der Waals surface area contributed by atoms with Crippen molar-refractivity contribution in [2.75, 3.05) is 12.4 Å². The number of carbonyl (C=O) groups excluding carboxylic acids is 3. The van der Waals surface area contributed by atoms with Crippen LogP contribution in [0.25, 0.3) is 0 Å². The Labute approximate surface area is 161 Å². The van der Waals surface area contributed by atoms with Crippen LogP contribution in [0.4, 0.5) is 5.69 Å². The number of esters is 1. The van der Waals surface area contributed by atoms with Gasteiger partial charge in [-0.3, -0.25) is 9.59 Å². The summed E-state index contributed by atoms with van der Waals surface area (Å²) >= 11 is 0. The van der Waals surface area contributed by atoms with E-state index in [0.717, 1.165) is 0 Å². The second-order valence-electron chi connectivity index (χ2n) is 5.87. The molecule has 142 valence electrons. The zero-order valence-electron chi connectivity index (χ0n) is 15.1. The van der Waals surface area contributed by atoms with E-state index < -0.39 is 11.9 Å². The van der Waals surface area contributed by atoms with Crippen molar-refractivity contribution >= 4 is 23.5 Å². The van der Waals surface area contributed by atoms with Crippen molar-refractivity contribution in [3.05, 3.63) is 89.4 Å². The Balaban J connectivity index is 1.68. The minimum atomic E-state index is -0.494. The number of methoxy groups -OCH3 is 1. The molecule has 7 heteroatoms. The van der Waals surface area contributed by atoms with Crippen LogP contribution in [0.5, 0.6) is 0 Å². The van der Waals surface area contributed by atoms with Crippen LogP contribution in [0, 0.1) is 0 Å². The number of ether oxygens (including phenoxy) is 1. The lowest BCUT2D eigenvalue weighted by molar-refractivity contribution is 0.0600. The maximum atomic E-state index is 12.5. The average Bonchev–Trinajstić information content (AvgIpc) is 3.25. The predicted octanol–water partition coefficient (Wildman–Crippen LogP) is 3.25. The number of hydrogen-bond donors (Lipinski definition) is 2. The number of amides is 2. The van der Waals surface area contributed by atoms with Crippen LogP contribution in [0.1, 0.15) is 36.8 Å². The molecule has 3 aromatic rings. The number of hydrogen-bond acceptors (Lipinski definition) is 5. The summed E-state index contributed by atoms with van der Waals surface area (Å²) in [5, 5.41) is 5.43. The second-order valence-corrected chi connectivity index (χ2v) is 5.87. The molecule has 0 atom stereocenters. The van der Waals surface area contributed by atoms with Crippen molar-refractivity contribution in [3.8, 4) is 0 Å². The fraction of sp³-hybridized carbons (Fsp3) is 0.0952. The molecule has 2 aromatic carbocycles. The zero-order valence-corrected chi connectivity index (χ0v) is 15.1. The number of carbonyl (C=O) groups is 3. The first kappa shape index (κ1) is 18.9. The van der Waals surface area contributed by atoms with Gasteiger partial charge in [0.05, 0.1) is 25.5 Å². The van der Waals surface area contributed by atoms with Crippen LogP contribution >= 0.6 is 0 Å². The molecule has 0 fully saturated rings. The van der Waals surface area contributed by atoms with Gasteiger partial charge in [-0.2, -0.15) is 0 Å². The quantitative estimate of drug-likeness (QED) is 0.642. The largest absolute Gasteiger partial charge is 0.467 e. The highest BCUT2D eigenvalue weighted by molar-refractivity contribution is 6.06. The number of furan rings is 1. The molecule has 0 aliphatic carbocycles. The zero-order chi connectivity index (χ0) is 19.9. The maximum Gasteiger partial charge on any atom is 0.337 e. The minimum Gasteiger partial charge on any atom is -0.467 e. The Bertz CT molecular complexity index is 996. The molecule has 0 unspecified atom stereocenters. The fourth-order valence-corrected chi connectivity index (χ4v) is 2.53. The number of benzene rings is 2. The molecular weight excluding hydrogens is 360 g/mol. The van der Waals surface area contributed by atoms with Crippen molar-refractivity contribution in [2.45, 2.75) is 6.54 Å². The summed E-state index contributed by atoms with van der Waals surface area (Å²) in [6.07, 6.45) is 1.53. The Morgan fingerprint density at radius 3 is 2.32 bits per heavy atom. The van der Waals surface area contributed by atoms with Crippen molar-refractivity contribution in [1.82, 2.24) is 5.32 Å². The van der Waals surface area contributed by atoms with E-state index in [1.807, 2.05) is 0 Å². The lowest BCUT2D eigenvalue weighted by atomic mass is 10.1. The molecule has 0 aliphatic rings. The molecule has 0 saturated heterocycles. The lowest BCUT2D eigenvalue weighted by Crippen LogP contribution is -2.23. The van der Waals surface area contributed by atoms with Crippen molar-refractivity contribution < 1.29 is 23.5 Å². The van der Waals surface area contributed by atoms with E-state index in [0.29, 0.717) is 28.1 Å². The molecule has 3 rings (SSSR count). The van der Waals surface area contributed by atoms with Gasteiger partial charge in [-0.1, -0.05) is 12.1 Å². The average molecular weight is 378 g/mol. The summed E-state index contributed by atoms with van der Waals surface area (Å²) in [5.74, 6) is -0.583. The molecule has 0 aliphatic heterocycles. The predicted molar refractivity (Wildman–Crippen MR) is 102 cm³/mol. The highest BCUT2D eigenvalue weighted by atomic mass is 16.5. The van der Waals surface area contributed by atoms with Crippen LogP contribution < -0.4 is 10.6 Å². The van der Waals surface area contributed by atoms with E-state index >= 15 is 0 Å². The van der Waals surface area contributed by atoms with Crippen LogP contribution in [0.2, 0.25) is 0 Å². The van der Waals surface area contributed by atoms with Gasteiger partial charge in [-0.25, -0.2) is 4.79 Å². The topological polar surface area (TPSA) is 97.6 Å². The van der Waals surface area contributed by atoms with Crippen LogP contribution in [0.3, 0.4) is 0 Å².